The van der Waals surface area contributed by atoms with E-state index in [2.05, 4.69) is 20.9 Å². The zero-order valence-electron chi connectivity index (χ0n) is 10.4. The van der Waals surface area contributed by atoms with Crippen LogP contribution in [0.4, 0.5) is 4.39 Å². The summed E-state index contributed by atoms with van der Waals surface area (Å²) in [6, 6.07) is 8.08. The standard InChI is InChI=1S/C14H14BrFN2O/c1-9(17)14(10-4-6-18-7-5-10)19-11-2-3-12(15)13(16)8-11/h2-9,14H,17H2,1H3. The number of benzene rings is 1. The predicted octanol–water partition coefficient (Wildman–Crippen LogP) is 3.45. The van der Waals surface area contributed by atoms with Gasteiger partial charge in [-0.2, -0.15) is 0 Å². The first-order valence-corrected chi connectivity index (χ1v) is 6.64. The maximum absolute atomic E-state index is 13.5. The molecule has 0 amide bonds. The van der Waals surface area contributed by atoms with Gasteiger partial charge in [0.1, 0.15) is 17.7 Å². The van der Waals surface area contributed by atoms with Gasteiger partial charge < -0.3 is 10.5 Å². The quantitative estimate of drug-likeness (QED) is 0.937. The molecule has 0 saturated carbocycles. The second-order valence-electron chi connectivity index (χ2n) is 4.25. The molecule has 2 aromatic rings. The minimum Gasteiger partial charge on any atom is -0.484 e. The zero-order valence-corrected chi connectivity index (χ0v) is 12.0. The number of nitrogens with two attached hydrogens (primary N) is 1. The molecule has 1 aromatic heterocycles. The van der Waals surface area contributed by atoms with Crippen LogP contribution < -0.4 is 10.5 Å². The van der Waals surface area contributed by atoms with Crippen LogP contribution in [0.1, 0.15) is 18.6 Å². The van der Waals surface area contributed by atoms with E-state index in [9.17, 15) is 4.39 Å². The summed E-state index contributed by atoms with van der Waals surface area (Å²) in [6.07, 6.45) is 3.01. The van der Waals surface area contributed by atoms with E-state index in [0.717, 1.165) is 5.56 Å². The molecule has 0 aliphatic carbocycles. The molecule has 0 saturated heterocycles. The lowest BCUT2D eigenvalue weighted by molar-refractivity contribution is 0.179. The first-order chi connectivity index (χ1) is 9.08. The highest BCUT2D eigenvalue weighted by atomic mass is 79.9. The Morgan fingerprint density at radius 1 is 1.26 bits per heavy atom. The Kier molecular flexibility index (Phi) is 4.50. The van der Waals surface area contributed by atoms with Crippen LogP contribution in [-0.2, 0) is 0 Å². The van der Waals surface area contributed by atoms with Crippen LogP contribution in [0.3, 0.4) is 0 Å². The smallest absolute Gasteiger partial charge is 0.141 e. The number of ether oxygens (including phenoxy) is 1. The lowest BCUT2D eigenvalue weighted by Gasteiger charge is -2.23. The maximum atomic E-state index is 13.5. The van der Waals surface area contributed by atoms with Gasteiger partial charge in [0.05, 0.1) is 4.47 Å². The molecule has 0 bridgehead atoms. The molecule has 19 heavy (non-hydrogen) atoms. The molecule has 2 rings (SSSR count). The van der Waals surface area contributed by atoms with Crippen LogP contribution in [0.15, 0.2) is 47.2 Å². The van der Waals surface area contributed by atoms with E-state index in [1.54, 1.807) is 24.5 Å². The van der Waals surface area contributed by atoms with E-state index < -0.39 is 0 Å². The molecule has 3 nitrogen and oxygen atoms in total. The molecular weight excluding hydrogens is 311 g/mol. The van der Waals surface area contributed by atoms with Gasteiger partial charge in [-0.25, -0.2) is 4.39 Å². The summed E-state index contributed by atoms with van der Waals surface area (Å²) in [4.78, 5) is 3.96. The topological polar surface area (TPSA) is 48.1 Å². The average molecular weight is 325 g/mol. The van der Waals surface area contributed by atoms with Crippen molar-refractivity contribution in [2.24, 2.45) is 5.73 Å². The van der Waals surface area contributed by atoms with Gasteiger partial charge in [0.25, 0.3) is 0 Å². The first kappa shape index (κ1) is 14.0. The summed E-state index contributed by atoms with van der Waals surface area (Å²) in [5, 5.41) is 0. The number of pyridine rings is 1. The van der Waals surface area contributed by atoms with Crippen molar-refractivity contribution in [3.05, 3.63) is 58.6 Å². The Bertz CT molecular complexity index is 548. The third-order valence-corrected chi connectivity index (χ3v) is 3.31. The molecule has 0 aliphatic heterocycles. The summed E-state index contributed by atoms with van der Waals surface area (Å²) >= 11 is 3.11. The van der Waals surface area contributed by atoms with Crippen LogP contribution >= 0.6 is 15.9 Å². The summed E-state index contributed by atoms with van der Waals surface area (Å²) in [5.74, 6) is 0.0791. The van der Waals surface area contributed by atoms with E-state index in [-0.39, 0.29) is 18.0 Å². The van der Waals surface area contributed by atoms with Crippen molar-refractivity contribution in [1.29, 1.82) is 0 Å². The molecule has 2 N–H and O–H groups in total. The molecule has 2 unspecified atom stereocenters. The molecule has 2 atom stereocenters. The Balaban J connectivity index is 2.24. The van der Waals surface area contributed by atoms with Gasteiger partial charge in [0, 0.05) is 24.5 Å². The first-order valence-electron chi connectivity index (χ1n) is 5.85. The van der Waals surface area contributed by atoms with Crippen LogP contribution in [0.25, 0.3) is 0 Å². The van der Waals surface area contributed by atoms with Gasteiger partial charge >= 0.3 is 0 Å². The normalized spacial score (nSPS) is 13.9. The third kappa shape index (κ3) is 3.52. The number of halogens is 2. The van der Waals surface area contributed by atoms with Crippen molar-refractivity contribution in [1.82, 2.24) is 4.98 Å². The number of hydrogen-bond donors (Lipinski definition) is 1. The SMILES string of the molecule is CC(N)C(Oc1ccc(Br)c(F)c1)c1ccncc1. The van der Waals surface area contributed by atoms with Crippen LogP contribution in [0.2, 0.25) is 0 Å². The fourth-order valence-corrected chi connectivity index (χ4v) is 1.98. The fraction of sp³-hybridized carbons (Fsp3) is 0.214. The molecule has 1 heterocycles. The molecule has 1 aromatic carbocycles. The van der Waals surface area contributed by atoms with Crippen LogP contribution in [-0.4, -0.2) is 11.0 Å². The number of rotatable bonds is 4. The molecular formula is C14H14BrFN2O. The minimum atomic E-state index is -0.365. The van der Waals surface area contributed by atoms with Gasteiger partial charge in [-0.1, -0.05) is 0 Å². The second kappa shape index (κ2) is 6.12. The monoisotopic (exact) mass is 324 g/mol. The summed E-state index contributed by atoms with van der Waals surface area (Å²) < 4.78 is 19.7. The van der Waals surface area contributed by atoms with Gasteiger partial charge in [0.2, 0.25) is 0 Å². The van der Waals surface area contributed by atoms with E-state index in [1.807, 2.05) is 19.1 Å². The lowest BCUT2D eigenvalue weighted by atomic mass is 10.1. The van der Waals surface area contributed by atoms with Gasteiger partial charge in [-0.05, 0) is 52.7 Å². The largest absolute Gasteiger partial charge is 0.484 e. The number of nitrogens with zero attached hydrogens (tertiary/aromatic N) is 1. The molecule has 5 heteroatoms. The van der Waals surface area contributed by atoms with Crippen molar-refractivity contribution in [2.45, 2.75) is 19.1 Å². The Labute approximate surface area is 119 Å². The predicted molar refractivity (Wildman–Crippen MR) is 75.4 cm³/mol. The van der Waals surface area contributed by atoms with E-state index in [1.165, 1.54) is 6.07 Å². The van der Waals surface area contributed by atoms with Crippen molar-refractivity contribution in [2.75, 3.05) is 0 Å². The molecule has 0 aliphatic rings. The minimum absolute atomic E-state index is 0.228. The van der Waals surface area contributed by atoms with Crippen molar-refractivity contribution in [3.63, 3.8) is 0 Å². The summed E-state index contributed by atoms with van der Waals surface area (Å²) in [5.41, 5.74) is 6.85. The highest BCUT2D eigenvalue weighted by Crippen LogP contribution is 2.27. The maximum Gasteiger partial charge on any atom is 0.141 e. The fourth-order valence-electron chi connectivity index (χ4n) is 1.73. The van der Waals surface area contributed by atoms with E-state index in [4.69, 9.17) is 10.5 Å². The Hall–Kier alpha value is -1.46. The third-order valence-electron chi connectivity index (χ3n) is 2.67. The van der Waals surface area contributed by atoms with Crippen molar-refractivity contribution >= 4 is 15.9 Å². The van der Waals surface area contributed by atoms with Crippen LogP contribution in [0, 0.1) is 5.82 Å². The lowest BCUT2D eigenvalue weighted by Crippen LogP contribution is -2.29. The van der Waals surface area contributed by atoms with Crippen molar-refractivity contribution < 1.29 is 9.13 Å². The molecule has 0 fully saturated rings. The zero-order chi connectivity index (χ0) is 13.8. The van der Waals surface area contributed by atoms with E-state index >= 15 is 0 Å². The molecule has 0 spiro atoms. The Morgan fingerprint density at radius 2 is 1.95 bits per heavy atom. The van der Waals surface area contributed by atoms with Crippen LogP contribution in [0.5, 0.6) is 5.75 Å². The number of hydrogen-bond acceptors (Lipinski definition) is 3. The average Bonchev–Trinajstić information content (AvgIpc) is 2.40. The second-order valence-corrected chi connectivity index (χ2v) is 5.11. The van der Waals surface area contributed by atoms with Gasteiger partial charge in [-0.15, -0.1) is 0 Å². The molecule has 100 valence electrons. The van der Waals surface area contributed by atoms with E-state index in [0.29, 0.717) is 10.2 Å². The Morgan fingerprint density at radius 3 is 2.53 bits per heavy atom. The summed E-state index contributed by atoms with van der Waals surface area (Å²) in [6.45, 7) is 1.85. The van der Waals surface area contributed by atoms with Gasteiger partial charge in [-0.3, -0.25) is 4.98 Å². The highest BCUT2D eigenvalue weighted by Gasteiger charge is 2.18. The van der Waals surface area contributed by atoms with Crippen molar-refractivity contribution in [3.8, 4) is 5.75 Å². The summed E-state index contributed by atoms with van der Waals surface area (Å²) in [7, 11) is 0. The highest BCUT2D eigenvalue weighted by molar-refractivity contribution is 9.10. The van der Waals surface area contributed by atoms with Gasteiger partial charge in [0.15, 0.2) is 0 Å². The molecule has 0 radical (unpaired) electrons. The number of aromatic nitrogens is 1.